The van der Waals surface area contributed by atoms with E-state index in [9.17, 15) is 4.79 Å². The van der Waals surface area contributed by atoms with E-state index in [1.165, 1.54) is 0 Å². The summed E-state index contributed by atoms with van der Waals surface area (Å²) in [5.41, 5.74) is 4.56. The van der Waals surface area contributed by atoms with E-state index in [1.54, 1.807) is 20.8 Å². The van der Waals surface area contributed by atoms with Crippen LogP contribution in [0.5, 0.6) is 0 Å². The molecular formula is C7H15NO3. The molecule has 66 valence electrons. The van der Waals surface area contributed by atoms with Crippen molar-refractivity contribution in [1.82, 2.24) is 0 Å². The third-order valence-electron chi connectivity index (χ3n) is 1.53. The Hall–Kier alpha value is -0.610. The zero-order valence-corrected chi connectivity index (χ0v) is 7.13. The van der Waals surface area contributed by atoms with E-state index in [2.05, 4.69) is 0 Å². The van der Waals surface area contributed by atoms with E-state index < -0.39 is 17.6 Å². The number of aliphatic carboxylic acids is 1. The Morgan fingerprint density at radius 2 is 2.18 bits per heavy atom. The van der Waals surface area contributed by atoms with E-state index in [1.807, 2.05) is 0 Å². The predicted molar refractivity (Wildman–Crippen MR) is 41.3 cm³/mol. The Morgan fingerprint density at radius 1 is 1.73 bits per heavy atom. The maximum absolute atomic E-state index is 10.4. The molecule has 0 spiro atoms. The number of nitrogens with two attached hydrogens (primary N) is 1. The van der Waals surface area contributed by atoms with E-state index in [0.29, 0.717) is 6.61 Å². The van der Waals surface area contributed by atoms with Crippen molar-refractivity contribution in [2.75, 3.05) is 6.61 Å². The predicted octanol–water partition coefficient (Wildman–Crippen LogP) is 0.213. The van der Waals surface area contributed by atoms with Gasteiger partial charge in [0.15, 0.2) is 0 Å². The zero-order chi connectivity index (χ0) is 9.07. The lowest BCUT2D eigenvalue weighted by molar-refractivity contribution is -0.146. The van der Waals surface area contributed by atoms with Gasteiger partial charge in [0.05, 0.1) is 5.60 Å². The Bertz CT molecular complexity index is 145. The van der Waals surface area contributed by atoms with E-state index in [4.69, 9.17) is 15.6 Å². The van der Waals surface area contributed by atoms with Crippen molar-refractivity contribution < 1.29 is 14.6 Å². The van der Waals surface area contributed by atoms with Crippen molar-refractivity contribution in [1.29, 1.82) is 0 Å². The first kappa shape index (κ1) is 10.4. The highest BCUT2D eigenvalue weighted by Gasteiger charge is 2.32. The average molecular weight is 161 g/mol. The van der Waals surface area contributed by atoms with Gasteiger partial charge in [-0.25, -0.2) is 0 Å². The molecule has 0 radical (unpaired) electrons. The van der Waals surface area contributed by atoms with E-state index in [-0.39, 0.29) is 0 Å². The number of carbonyl (C=O) groups is 1. The highest BCUT2D eigenvalue weighted by Crippen LogP contribution is 2.12. The molecule has 11 heavy (non-hydrogen) atoms. The molecule has 0 aromatic carbocycles. The third-order valence-corrected chi connectivity index (χ3v) is 1.53. The summed E-state index contributed by atoms with van der Waals surface area (Å²) in [5, 5.41) is 8.54. The SMILES string of the molecule is CCOC(C)(C)[C@@H](N)C(=O)O. The second-order valence-corrected chi connectivity index (χ2v) is 2.85. The fourth-order valence-electron chi connectivity index (χ4n) is 0.759. The van der Waals surface area contributed by atoms with Gasteiger partial charge in [-0.3, -0.25) is 4.79 Å². The van der Waals surface area contributed by atoms with Crippen LogP contribution in [0.25, 0.3) is 0 Å². The number of ether oxygens (including phenoxy) is 1. The fourth-order valence-corrected chi connectivity index (χ4v) is 0.759. The average Bonchev–Trinajstić information content (AvgIpc) is 1.86. The van der Waals surface area contributed by atoms with Gasteiger partial charge in [-0.05, 0) is 20.8 Å². The van der Waals surface area contributed by atoms with Crippen LogP contribution in [0.4, 0.5) is 0 Å². The summed E-state index contributed by atoms with van der Waals surface area (Å²) in [6, 6.07) is -0.970. The van der Waals surface area contributed by atoms with Gasteiger partial charge in [0, 0.05) is 6.61 Å². The molecule has 0 saturated heterocycles. The first-order valence-electron chi connectivity index (χ1n) is 3.54. The van der Waals surface area contributed by atoms with Crippen molar-refractivity contribution in [3.8, 4) is 0 Å². The monoisotopic (exact) mass is 161 g/mol. The van der Waals surface area contributed by atoms with Crippen LogP contribution in [0.3, 0.4) is 0 Å². The van der Waals surface area contributed by atoms with Crippen LogP contribution in [0.2, 0.25) is 0 Å². The highest BCUT2D eigenvalue weighted by molar-refractivity contribution is 5.74. The summed E-state index contributed by atoms with van der Waals surface area (Å²) < 4.78 is 5.15. The summed E-state index contributed by atoms with van der Waals surface area (Å²) in [6.07, 6.45) is 0. The lowest BCUT2D eigenvalue weighted by atomic mass is 10.00. The second-order valence-electron chi connectivity index (χ2n) is 2.85. The molecule has 0 heterocycles. The van der Waals surface area contributed by atoms with Gasteiger partial charge in [0.2, 0.25) is 0 Å². The van der Waals surface area contributed by atoms with Crippen LogP contribution < -0.4 is 5.73 Å². The minimum atomic E-state index is -1.04. The zero-order valence-electron chi connectivity index (χ0n) is 7.13. The Kier molecular flexibility index (Phi) is 3.48. The smallest absolute Gasteiger partial charge is 0.323 e. The third kappa shape index (κ3) is 2.86. The van der Waals surface area contributed by atoms with E-state index in [0.717, 1.165) is 0 Å². The summed E-state index contributed by atoms with van der Waals surface area (Å²) >= 11 is 0. The summed E-state index contributed by atoms with van der Waals surface area (Å²) in [6.45, 7) is 5.59. The van der Waals surface area contributed by atoms with E-state index >= 15 is 0 Å². The molecule has 3 N–H and O–H groups in total. The molecule has 0 fully saturated rings. The number of carboxylic acids is 1. The Labute approximate surface area is 66.3 Å². The van der Waals surface area contributed by atoms with Gasteiger partial charge in [-0.2, -0.15) is 0 Å². The maximum atomic E-state index is 10.4. The molecule has 0 aliphatic heterocycles. The molecule has 0 amide bonds. The lowest BCUT2D eigenvalue weighted by Gasteiger charge is -2.28. The van der Waals surface area contributed by atoms with Crippen molar-refractivity contribution in [2.24, 2.45) is 5.73 Å². The number of hydrogen-bond acceptors (Lipinski definition) is 3. The van der Waals surface area contributed by atoms with Gasteiger partial charge in [0.1, 0.15) is 6.04 Å². The fraction of sp³-hybridized carbons (Fsp3) is 0.857. The molecule has 4 heteroatoms. The van der Waals surface area contributed by atoms with Crippen molar-refractivity contribution in [3.05, 3.63) is 0 Å². The van der Waals surface area contributed by atoms with Gasteiger partial charge >= 0.3 is 5.97 Å². The molecule has 0 bridgehead atoms. The molecule has 0 unspecified atom stereocenters. The molecule has 0 aromatic rings. The van der Waals surface area contributed by atoms with Crippen LogP contribution >= 0.6 is 0 Å². The highest BCUT2D eigenvalue weighted by atomic mass is 16.5. The summed E-state index contributed by atoms with van der Waals surface area (Å²) in [5.74, 6) is -1.04. The second kappa shape index (κ2) is 3.69. The number of carboxylic acid groups (broad SMARTS) is 1. The van der Waals surface area contributed by atoms with Crippen molar-refractivity contribution in [3.63, 3.8) is 0 Å². The standard InChI is InChI=1S/C7H15NO3/c1-4-11-7(2,3)5(8)6(9)10/h5H,4,8H2,1-3H3,(H,9,10)/t5-/m0/s1. The molecular weight excluding hydrogens is 146 g/mol. The lowest BCUT2D eigenvalue weighted by Crippen LogP contribution is -2.50. The Morgan fingerprint density at radius 3 is 2.45 bits per heavy atom. The largest absolute Gasteiger partial charge is 0.480 e. The van der Waals surface area contributed by atoms with Crippen LogP contribution in [-0.4, -0.2) is 29.3 Å². The molecule has 0 aliphatic rings. The van der Waals surface area contributed by atoms with Crippen LogP contribution in [0.15, 0.2) is 0 Å². The minimum absolute atomic E-state index is 0.466. The summed E-state index contributed by atoms with van der Waals surface area (Å²) in [7, 11) is 0. The first-order chi connectivity index (χ1) is 4.91. The molecule has 0 saturated carbocycles. The molecule has 0 rings (SSSR count). The quantitative estimate of drug-likeness (QED) is 0.618. The van der Waals surface area contributed by atoms with Gasteiger partial charge in [-0.1, -0.05) is 0 Å². The number of rotatable bonds is 4. The molecule has 0 aliphatic carbocycles. The topological polar surface area (TPSA) is 72.5 Å². The number of hydrogen-bond donors (Lipinski definition) is 2. The summed E-state index contributed by atoms with van der Waals surface area (Å²) in [4.78, 5) is 10.4. The van der Waals surface area contributed by atoms with Crippen LogP contribution in [0.1, 0.15) is 20.8 Å². The molecule has 4 nitrogen and oxygen atoms in total. The van der Waals surface area contributed by atoms with Gasteiger partial charge < -0.3 is 15.6 Å². The van der Waals surface area contributed by atoms with Crippen molar-refractivity contribution in [2.45, 2.75) is 32.4 Å². The molecule has 1 atom stereocenters. The first-order valence-corrected chi connectivity index (χ1v) is 3.54. The van der Waals surface area contributed by atoms with Gasteiger partial charge in [0.25, 0.3) is 0 Å². The van der Waals surface area contributed by atoms with Crippen LogP contribution in [0, 0.1) is 0 Å². The normalized spacial score (nSPS) is 14.5. The minimum Gasteiger partial charge on any atom is -0.480 e. The maximum Gasteiger partial charge on any atom is 0.323 e. The molecule has 0 aromatic heterocycles. The Balaban J connectivity index is 4.16. The van der Waals surface area contributed by atoms with Crippen molar-refractivity contribution >= 4 is 5.97 Å². The van der Waals surface area contributed by atoms with Gasteiger partial charge in [-0.15, -0.1) is 0 Å². The van der Waals surface area contributed by atoms with Crippen LogP contribution in [-0.2, 0) is 9.53 Å².